The molecule has 4 nitrogen and oxygen atoms in total. The molecule has 0 heterocycles. The van der Waals surface area contributed by atoms with Gasteiger partial charge >= 0.3 is 5.97 Å². The van der Waals surface area contributed by atoms with Gasteiger partial charge in [-0.2, -0.15) is 0 Å². The van der Waals surface area contributed by atoms with Crippen molar-refractivity contribution in [3.63, 3.8) is 0 Å². The summed E-state index contributed by atoms with van der Waals surface area (Å²) in [7, 11) is 0. The molecule has 5 heteroatoms. The largest absolute Gasteiger partial charge is 0.460 e. The average Bonchev–Trinajstić information content (AvgIpc) is 2.53. The van der Waals surface area contributed by atoms with Gasteiger partial charge in [0.1, 0.15) is 13.2 Å². The molecule has 0 fully saturated rings. The molecule has 0 unspecified atom stereocenters. The van der Waals surface area contributed by atoms with E-state index in [1.807, 2.05) is 54.6 Å². The maximum atomic E-state index is 11.7. The van der Waals surface area contributed by atoms with Crippen LogP contribution >= 0.6 is 22.6 Å². The Labute approximate surface area is 143 Å². The van der Waals surface area contributed by atoms with Crippen molar-refractivity contribution in [1.29, 1.82) is 0 Å². The molecule has 0 aliphatic carbocycles. The zero-order valence-corrected chi connectivity index (χ0v) is 14.1. The highest BCUT2D eigenvalue weighted by Gasteiger charge is 2.07. The highest BCUT2D eigenvalue weighted by Crippen LogP contribution is 2.07. The molecule has 0 bridgehead atoms. The smallest absolute Gasteiger partial charge is 0.325 e. The molecule has 22 heavy (non-hydrogen) atoms. The van der Waals surface area contributed by atoms with Crippen molar-refractivity contribution in [2.24, 2.45) is 0 Å². The third kappa shape index (κ3) is 5.85. The fraction of sp³-hybridized carbons (Fsp3) is 0.176. The molecule has 0 spiro atoms. The number of ether oxygens (including phenoxy) is 1. The number of amides is 1. The van der Waals surface area contributed by atoms with E-state index in [0.717, 1.165) is 14.7 Å². The summed E-state index contributed by atoms with van der Waals surface area (Å²) in [6.45, 7) is 0.0976. The highest BCUT2D eigenvalue weighted by atomic mass is 127. The summed E-state index contributed by atoms with van der Waals surface area (Å²) in [6.07, 6.45) is 0.255. The van der Waals surface area contributed by atoms with Crippen molar-refractivity contribution in [3.05, 3.63) is 69.3 Å². The first-order valence-electron chi connectivity index (χ1n) is 6.84. The molecular formula is C17H16INO3. The van der Waals surface area contributed by atoms with Crippen molar-refractivity contribution in [2.45, 2.75) is 13.0 Å². The number of halogens is 1. The van der Waals surface area contributed by atoms with Crippen LogP contribution in [-0.2, 0) is 27.4 Å². The predicted molar refractivity (Wildman–Crippen MR) is 92.1 cm³/mol. The minimum absolute atomic E-state index is 0.115. The molecule has 2 rings (SSSR count). The van der Waals surface area contributed by atoms with Gasteiger partial charge in [0.25, 0.3) is 0 Å². The average molecular weight is 409 g/mol. The lowest BCUT2D eigenvalue weighted by atomic mass is 10.1. The lowest BCUT2D eigenvalue weighted by Gasteiger charge is -2.07. The summed E-state index contributed by atoms with van der Waals surface area (Å²) >= 11 is 2.21. The van der Waals surface area contributed by atoms with Gasteiger partial charge in [0.05, 0.1) is 6.42 Å². The fourth-order valence-electron chi connectivity index (χ4n) is 1.81. The van der Waals surface area contributed by atoms with Gasteiger partial charge in [-0.1, -0.05) is 42.5 Å². The van der Waals surface area contributed by atoms with Crippen LogP contribution in [0.1, 0.15) is 11.1 Å². The van der Waals surface area contributed by atoms with Gasteiger partial charge in [0.2, 0.25) is 5.91 Å². The van der Waals surface area contributed by atoms with E-state index in [-0.39, 0.29) is 25.5 Å². The topological polar surface area (TPSA) is 55.4 Å². The quantitative estimate of drug-likeness (QED) is 0.590. The van der Waals surface area contributed by atoms with Gasteiger partial charge in [-0.25, -0.2) is 0 Å². The Hall–Kier alpha value is -1.89. The normalized spacial score (nSPS) is 10.0. The zero-order chi connectivity index (χ0) is 15.8. The molecule has 2 aromatic rings. The van der Waals surface area contributed by atoms with E-state index in [2.05, 4.69) is 27.9 Å². The van der Waals surface area contributed by atoms with Crippen LogP contribution in [0.15, 0.2) is 54.6 Å². The van der Waals surface area contributed by atoms with Crippen LogP contribution in [-0.4, -0.2) is 18.4 Å². The SMILES string of the molecule is O=C(Cc1ccccc1)NCC(=O)OCc1ccc(I)cc1. The monoisotopic (exact) mass is 409 g/mol. The van der Waals surface area contributed by atoms with Gasteiger partial charge in [0, 0.05) is 3.57 Å². The third-order valence-corrected chi connectivity index (χ3v) is 3.67. The van der Waals surface area contributed by atoms with E-state index >= 15 is 0 Å². The van der Waals surface area contributed by atoms with Crippen molar-refractivity contribution >= 4 is 34.5 Å². The Kier molecular flexibility index (Phi) is 6.39. The predicted octanol–water partition coefficient (Wildman–Crippen LogP) is 2.69. The van der Waals surface area contributed by atoms with Crippen molar-refractivity contribution < 1.29 is 14.3 Å². The summed E-state index contributed by atoms with van der Waals surface area (Å²) in [5.74, 6) is -0.641. The van der Waals surface area contributed by atoms with E-state index in [9.17, 15) is 9.59 Å². The molecule has 0 aromatic heterocycles. The molecule has 0 radical (unpaired) electrons. The van der Waals surface area contributed by atoms with Crippen LogP contribution in [0.2, 0.25) is 0 Å². The summed E-state index contributed by atoms with van der Waals surface area (Å²) in [4.78, 5) is 23.3. The van der Waals surface area contributed by atoms with Crippen LogP contribution in [0.3, 0.4) is 0 Å². The van der Waals surface area contributed by atoms with Crippen LogP contribution in [0, 0.1) is 3.57 Å². The number of hydrogen-bond acceptors (Lipinski definition) is 3. The molecule has 0 saturated heterocycles. The van der Waals surface area contributed by atoms with Gasteiger partial charge in [0.15, 0.2) is 0 Å². The first kappa shape index (κ1) is 16.5. The molecular weight excluding hydrogens is 393 g/mol. The molecule has 114 valence electrons. The van der Waals surface area contributed by atoms with Gasteiger partial charge in [-0.15, -0.1) is 0 Å². The molecule has 1 N–H and O–H groups in total. The number of rotatable bonds is 6. The van der Waals surface area contributed by atoms with E-state index < -0.39 is 5.97 Å². The number of carbonyl (C=O) groups excluding carboxylic acids is 2. The maximum absolute atomic E-state index is 11.7. The highest BCUT2D eigenvalue weighted by molar-refractivity contribution is 14.1. The minimum Gasteiger partial charge on any atom is -0.460 e. The minimum atomic E-state index is -0.444. The Morgan fingerprint density at radius 1 is 0.955 bits per heavy atom. The van der Waals surface area contributed by atoms with E-state index in [1.165, 1.54) is 0 Å². The summed E-state index contributed by atoms with van der Waals surface area (Å²) in [5, 5.41) is 2.56. The number of hydrogen-bond donors (Lipinski definition) is 1. The second-order valence-corrected chi connectivity index (χ2v) is 5.97. The van der Waals surface area contributed by atoms with Crippen LogP contribution in [0.25, 0.3) is 0 Å². The fourth-order valence-corrected chi connectivity index (χ4v) is 2.17. The van der Waals surface area contributed by atoms with Crippen LogP contribution in [0.5, 0.6) is 0 Å². The number of benzene rings is 2. The maximum Gasteiger partial charge on any atom is 0.325 e. The van der Waals surface area contributed by atoms with Crippen LogP contribution < -0.4 is 5.32 Å². The van der Waals surface area contributed by atoms with E-state index in [1.54, 1.807) is 0 Å². The van der Waals surface area contributed by atoms with Crippen molar-refractivity contribution in [3.8, 4) is 0 Å². The van der Waals surface area contributed by atoms with Crippen molar-refractivity contribution in [1.82, 2.24) is 5.32 Å². The van der Waals surface area contributed by atoms with Crippen molar-refractivity contribution in [2.75, 3.05) is 6.54 Å². The van der Waals surface area contributed by atoms with Gasteiger partial charge < -0.3 is 10.1 Å². The molecule has 0 aliphatic rings. The first-order chi connectivity index (χ1) is 10.6. The Balaban J connectivity index is 1.69. The van der Waals surface area contributed by atoms with E-state index in [0.29, 0.717) is 0 Å². The number of esters is 1. The number of nitrogens with one attached hydrogen (secondary N) is 1. The van der Waals surface area contributed by atoms with E-state index in [4.69, 9.17) is 4.74 Å². The number of carbonyl (C=O) groups is 2. The zero-order valence-electron chi connectivity index (χ0n) is 11.9. The second kappa shape index (κ2) is 8.53. The Bertz CT molecular complexity index is 626. The molecule has 0 aliphatic heterocycles. The Morgan fingerprint density at radius 3 is 2.32 bits per heavy atom. The molecule has 2 aromatic carbocycles. The summed E-state index contributed by atoms with van der Waals surface area (Å²) in [6, 6.07) is 17.1. The standard InChI is InChI=1S/C17H16INO3/c18-15-8-6-14(7-9-15)12-22-17(21)11-19-16(20)10-13-4-2-1-3-5-13/h1-9H,10-12H2,(H,19,20). The summed E-state index contributed by atoms with van der Waals surface area (Å²) < 4.78 is 6.24. The van der Waals surface area contributed by atoms with Crippen LogP contribution in [0.4, 0.5) is 0 Å². The molecule has 0 saturated carbocycles. The lowest BCUT2D eigenvalue weighted by molar-refractivity contribution is -0.145. The van der Waals surface area contributed by atoms with Gasteiger partial charge in [-0.05, 0) is 45.9 Å². The Morgan fingerprint density at radius 2 is 1.64 bits per heavy atom. The molecule has 1 amide bonds. The lowest BCUT2D eigenvalue weighted by Crippen LogP contribution is -2.31. The van der Waals surface area contributed by atoms with Gasteiger partial charge in [-0.3, -0.25) is 9.59 Å². The second-order valence-electron chi connectivity index (χ2n) is 4.73. The first-order valence-corrected chi connectivity index (χ1v) is 7.92. The third-order valence-electron chi connectivity index (χ3n) is 2.95. The summed E-state index contributed by atoms with van der Waals surface area (Å²) in [5.41, 5.74) is 1.83. The molecule has 0 atom stereocenters.